The maximum atomic E-state index is 8.72. The zero-order chi connectivity index (χ0) is 11.8. The van der Waals surface area contributed by atoms with Gasteiger partial charge in [-0.3, -0.25) is 0 Å². The van der Waals surface area contributed by atoms with E-state index in [0.29, 0.717) is 13.1 Å². The van der Waals surface area contributed by atoms with E-state index in [2.05, 4.69) is 10.6 Å². The van der Waals surface area contributed by atoms with Crippen LogP contribution in [0.25, 0.3) is 0 Å². The van der Waals surface area contributed by atoms with Crippen LogP contribution >= 0.6 is 0 Å². The number of ether oxygens (including phenoxy) is 1. The summed E-state index contributed by atoms with van der Waals surface area (Å²) < 4.78 is 5.15. The van der Waals surface area contributed by atoms with Crippen LogP contribution in [0.15, 0.2) is 18.2 Å². The van der Waals surface area contributed by atoms with E-state index in [4.69, 9.17) is 14.9 Å². The van der Waals surface area contributed by atoms with Crippen molar-refractivity contribution in [2.24, 2.45) is 0 Å². The molecule has 16 heavy (non-hydrogen) atoms. The average molecular weight is 226 g/mol. The predicted octanol–water partition coefficient (Wildman–Crippen LogP) is 0.504. The van der Waals surface area contributed by atoms with Gasteiger partial charge in [-0.05, 0) is 6.07 Å². The molecule has 0 radical (unpaired) electrons. The molecule has 5 heteroatoms. The molecular formula is C11H18N2O3. The Balaban J connectivity index is 2.74. The van der Waals surface area contributed by atoms with Crippen LogP contribution < -0.4 is 15.4 Å². The van der Waals surface area contributed by atoms with E-state index in [9.17, 15) is 0 Å². The third kappa shape index (κ3) is 3.96. The molecule has 0 heterocycles. The van der Waals surface area contributed by atoms with E-state index in [1.807, 2.05) is 18.2 Å². The van der Waals surface area contributed by atoms with Crippen LogP contribution in [0.3, 0.4) is 0 Å². The zero-order valence-corrected chi connectivity index (χ0v) is 9.36. The molecule has 0 aliphatic heterocycles. The monoisotopic (exact) mass is 226 g/mol. The summed E-state index contributed by atoms with van der Waals surface area (Å²) in [7, 11) is 1.60. The van der Waals surface area contributed by atoms with Gasteiger partial charge in [0.2, 0.25) is 0 Å². The third-order valence-corrected chi connectivity index (χ3v) is 2.02. The molecule has 0 amide bonds. The van der Waals surface area contributed by atoms with Gasteiger partial charge in [0.15, 0.2) is 0 Å². The highest BCUT2D eigenvalue weighted by Gasteiger charge is 2.00. The summed E-state index contributed by atoms with van der Waals surface area (Å²) in [6.45, 7) is 1.15. The molecule has 1 aromatic carbocycles. The molecule has 1 rings (SSSR count). The van der Waals surface area contributed by atoms with E-state index in [1.165, 1.54) is 0 Å². The quantitative estimate of drug-likeness (QED) is 0.545. The molecule has 5 nitrogen and oxygen atoms in total. The first-order valence-corrected chi connectivity index (χ1v) is 5.18. The summed E-state index contributed by atoms with van der Waals surface area (Å²) in [5.41, 5.74) is 1.74. The van der Waals surface area contributed by atoms with Gasteiger partial charge in [-0.15, -0.1) is 0 Å². The van der Waals surface area contributed by atoms with E-state index < -0.39 is 0 Å². The Hall–Kier alpha value is -1.46. The van der Waals surface area contributed by atoms with Gasteiger partial charge in [0.05, 0.1) is 20.3 Å². The summed E-state index contributed by atoms with van der Waals surface area (Å²) in [5, 5.41) is 23.6. The van der Waals surface area contributed by atoms with Crippen molar-refractivity contribution in [1.82, 2.24) is 0 Å². The van der Waals surface area contributed by atoms with Crippen molar-refractivity contribution in [3.8, 4) is 5.75 Å². The smallest absolute Gasteiger partial charge is 0.122 e. The van der Waals surface area contributed by atoms with Crippen LogP contribution in [0.4, 0.5) is 11.4 Å². The average Bonchev–Trinajstić information content (AvgIpc) is 2.33. The molecule has 0 aliphatic rings. The summed E-state index contributed by atoms with van der Waals surface area (Å²) in [6.07, 6.45) is 0. The molecule has 4 N–H and O–H groups in total. The standard InChI is InChI=1S/C11H18N2O3/c1-16-11-7-9(12-2-4-14)6-10(8-11)13-3-5-15/h6-8,12-15H,2-5H2,1H3. The highest BCUT2D eigenvalue weighted by molar-refractivity contribution is 5.61. The normalized spacial score (nSPS) is 9.94. The van der Waals surface area contributed by atoms with Gasteiger partial charge >= 0.3 is 0 Å². The number of nitrogens with one attached hydrogen (secondary N) is 2. The topological polar surface area (TPSA) is 73.8 Å². The van der Waals surface area contributed by atoms with Crippen molar-refractivity contribution in [3.05, 3.63) is 18.2 Å². The molecule has 0 atom stereocenters. The Kier molecular flexibility index (Phi) is 5.45. The minimum Gasteiger partial charge on any atom is -0.497 e. The second-order valence-corrected chi connectivity index (χ2v) is 3.25. The largest absolute Gasteiger partial charge is 0.497 e. The van der Waals surface area contributed by atoms with Crippen LogP contribution in [-0.2, 0) is 0 Å². The lowest BCUT2D eigenvalue weighted by Crippen LogP contribution is -2.08. The van der Waals surface area contributed by atoms with Gasteiger partial charge in [-0.2, -0.15) is 0 Å². The van der Waals surface area contributed by atoms with Crippen LogP contribution in [0.5, 0.6) is 5.75 Å². The Morgan fingerprint density at radius 3 is 1.88 bits per heavy atom. The van der Waals surface area contributed by atoms with Gasteiger partial charge in [0.25, 0.3) is 0 Å². The number of anilines is 2. The lowest BCUT2D eigenvalue weighted by Gasteiger charge is -2.11. The Morgan fingerprint density at radius 2 is 1.50 bits per heavy atom. The van der Waals surface area contributed by atoms with E-state index in [1.54, 1.807) is 7.11 Å². The molecule has 0 fully saturated rings. The Bertz CT molecular complexity index is 292. The van der Waals surface area contributed by atoms with Gasteiger partial charge in [0, 0.05) is 36.6 Å². The summed E-state index contributed by atoms with van der Waals surface area (Å²) >= 11 is 0. The summed E-state index contributed by atoms with van der Waals surface area (Å²) in [6, 6.07) is 5.59. The van der Waals surface area contributed by atoms with Crippen LogP contribution in [0.1, 0.15) is 0 Å². The van der Waals surface area contributed by atoms with Crippen LogP contribution in [0.2, 0.25) is 0 Å². The third-order valence-electron chi connectivity index (χ3n) is 2.02. The number of hydrogen-bond donors (Lipinski definition) is 4. The van der Waals surface area contributed by atoms with Gasteiger partial charge < -0.3 is 25.6 Å². The maximum Gasteiger partial charge on any atom is 0.122 e. The number of hydrogen-bond acceptors (Lipinski definition) is 5. The molecule has 0 saturated heterocycles. The molecular weight excluding hydrogens is 208 g/mol. The molecule has 0 unspecified atom stereocenters. The van der Waals surface area contributed by atoms with Crippen molar-refractivity contribution in [3.63, 3.8) is 0 Å². The molecule has 1 aromatic rings. The number of benzene rings is 1. The summed E-state index contributed by atoms with van der Waals surface area (Å²) in [5.74, 6) is 0.725. The maximum absolute atomic E-state index is 8.72. The Labute approximate surface area is 95.1 Å². The van der Waals surface area contributed by atoms with Gasteiger partial charge in [-0.1, -0.05) is 0 Å². The van der Waals surface area contributed by atoms with Crippen molar-refractivity contribution in [2.75, 3.05) is 44.0 Å². The van der Waals surface area contributed by atoms with E-state index in [0.717, 1.165) is 17.1 Å². The molecule has 0 bridgehead atoms. The predicted molar refractivity (Wildman–Crippen MR) is 64.1 cm³/mol. The zero-order valence-electron chi connectivity index (χ0n) is 9.36. The van der Waals surface area contributed by atoms with Crippen molar-refractivity contribution in [2.45, 2.75) is 0 Å². The Morgan fingerprint density at radius 1 is 1.00 bits per heavy atom. The fraction of sp³-hybridized carbons (Fsp3) is 0.455. The minimum absolute atomic E-state index is 0.0800. The highest BCUT2D eigenvalue weighted by atomic mass is 16.5. The SMILES string of the molecule is COc1cc(NCCO)cc(NCCO)c1. The lowest BCUT2D eigenvalue weighted by molar-refractivity contribution is 0.311. The van der Waals surface area contributed by atoms with Crippen LogP contribution in [0, 0.1) is 0 Å². The number of methoxy groups -OCH3 is 1. The highest BCUT2D eigenvalue weighted by Crippen LogP contribution is 2.23. The number of rotatable bonds is 7. The lowest BCUT2D eigenvalue weighted by atomic mass is 10.2. The molecule has 90 valence electrons. The van der Waals surface area contributed by atoms with Gasteiger partial charge in [-0.25, -0.2) is 0 Å². The molecule has 0 aliphatic carbocycles. The van der Waals surface area contributed by atoms with Crippen molar-refractivity contribution in [1.29, 1.82) is 0 Å². The second-order valence-electron chi connectivity index (χ2n) is 3.25. The van der Waals surface area contributed by atoms with Crippen molar-refractivity contribution < 1.29 is 14.9 Å². The molecule has 0 aromatic heterocycles. The number of aliphatic hydroxyl groups is 2. The number of aliphatic hydroxyl groups excluding tert-OH is 2. The van der Waals surface area contributed by atoms with Gasteiger partial charge in [0.1, 0.15) is 5.75 Å². The first-order valence-electron chi connectivity index (χ1n) is 5.18. The van der Waals surface area contributed by atoms with Crippen LogP contribution in [-0.4, -0.2) is 43.6 Å². The molecule has 0 spiro atoms. The fourth-order valence-electron chi connectivity index (χ4n) is 1.32. The first-order chi connectivity index (χ1) is 7.80. The first kappa shape index (κ1) is 12.6. The summed E-state index contributed by atoms with van der Waals surface area (Å²) in [4.78, 5) is 0. The fourth-order valence-corrected chi connectivity index (χ4v) is 1.32. The van der Waals surface area contributed by atoms with Crippen molar-refractivity contribution >= 4 is 11.4 Å². The molecule has 0 saturated carbocycles. The van der Waals surface area contributed by atoms with E-state index >= 15 is 0 Å². The van der Waals surface area contributed by atoms with E-state index in [-0.39, 0.29) is 13.2 Å². The second kappa shape index (κ2) is 6.92. The minimum atomic E-state index is 0.0800.